The SMILES string of the molecule is CCCc1nc(Cl)cc(Sc2ncnc3nc[nH]c23)n1. The molecule has 3 heterocycles. The van der Waals surface area contributed by atoms with Gasteiger partial charge in [-0.15, -0.1) is 0 Å². The molecule has 3 aromatic rings. The maximum absolute atomic E-state index is 6.03. The number of nitrogens with one attached hydrogen (secondary N) is 1. The first-order chi connectivity index (χ1) is 9.76. The van der Waals surface area contributed by atoms with Gasteiger partial charge in [-0.05, 0) is 18.2 Å². The Bertz CT molecular complexity index is 744. The maximum atomic E-state index is 6.03. The highest BCUT2D eigenvalue weighted by Crippen LogP contribution is 2.29. The number of halogens is 1. The van der Waals surface area contributed by atoms with Gasteiger partial charge in [0.25, 0.3) is 0 Å². The Hall–Kier alpha value is -1.73. The van der Waals surface area contributed by atoms with Gasteiger partial charge >= 0.3 is 0 Å². The fraction of sp³-hybridized carbons (Fsp3) is 0.250. The second kappa shape index (κ2) is 5.72. The highest BCUT2D eigenvalue weighted by Gasteiger charge is 2.10. The molecule has 0 aliphatic carbocycles. The van der Waals surface area contributed by atoms with Crippen LogP contribution in [-0.4, -0.2) is 29.9 Å². The number of H-pyrrole nitrogens is 1. The van der Waals surface area contributed by atoms with Crippen molar-refractivity contribution >= 4 is 34.5 Å². The van der Waals surface area contributed by atoms with Crippen LogP contribution in [0.5, 0.6) is 0 Å². The predicted octanol–water partition coefficient (Wildman–Crippen LogP) is 2.90. The summed E-state index contributed by atoms with van der Waals surface area (Å²) in [6.45, 7) is 2.08. The summed E-state index contributed by atoms with van der Waals surface area (Å²) in [5.41, 5.74) is 1.43. The Morgan fingerprint density at radius 3 is 3.00 bits per heavy atom. The number of hydrogen-bond donors (Lipinski definition) is 1. The van der Waals surface area contributed by atoms with Crippen molar-refractivity contribution in [3.63, 3.8) is 0 Å². The molecular weight excluding hydrogens is 296 g/mol. The number of aromatic nitrogens is 6. The molecule has 3 aromatic heterocycles. The Labute approximate surface area is 124 Å². The molecule has 0 radical (unpaired) electrons. The summed E-state index contributed by atoms with van der Waals surface area (Å²) < 4.78 is 0. The molecule has 102 valence electrons. The van der Waals surface area contributed by atoms with E-state index in [2.05, 4.69) is 36.8 Å². The summed E-state index contributed by atoms with van der Waals surface area (Å²) in [7, 11) is 0. The summed E-state index contributed by atoms with van der Waals surface area (Å²) in [5.74, 6) is 0.748. The molecule has 0 saturated carbocycles. The van der Waals surface area contributed by atoms with Crippen molar-refractivity contribution in [2.75, 3.05) is 0 Å². The summed E-state index contributed by atoms with van der Waals surface area (Å²) in [6, 6.07) is 1.73. The number of imidazole rings is 1. The van der Waals surface area contributed by atoms with Crippen LogP contribution in [0.25, 0.3) is 11.2 Å². The molecule has 3 rings (SSSR count). The van der Waals surface area contributed by atoms with Crippen LogP contribution >= 0.6 is 23.4 Å². The van der Waals surface area contributed by atoms with E-state index in [0.29, 0.717) is 10.8 Å². The van der Waals surface area contributed by atoms with Crippen molar-refractivity contribution in [1.29, 1.82) is 0 Å². The van der Waals surface area contributed by atoms with E-state index in [1.807, 2.05) is 0 Å². The lowest BCUT2D eigenvalue weighted by molar-refractivity contribution is 0.809. The van der Waals surface area contributed by atoms with Crippen molar-refractivity contribution < 1.29 is 0 Å². The van der Waals surface area contributed by atoms with E-state index >= 15 is 0 Å². The van der Waals surface area contributed by atoms with E-state index in [4.69, 9.17) is 11.6 Å². The number of rotatable bonds is 4. The highest BCUT2D eigenvalue weighted by atomic mass is 35.5. The molecule has 0 spiro atoms. The third kappa shape index (κ3) is 2.73. The molecule has 0 unspecified atom stereocenters. The normalized spacial score (nSPS) is 11.1. The molecule has 20 heavy (non-hydrogen) atoms. The van der Waals surface area contributed by atoms with Gasteiger partial charge in [0, 0.05) is 12.5 Å². The fourth-order valence-electron chi connectivity index (χ4n) is 1.75. The van der Waals surface area contributed by atoms with E-state index in [-0.39, 0.29) is 0 Å². The van der Waals surface area contributed by atoms with Gasteiger partial charge < -0.3 is 4.98 Å². The molecule has 0 bridgehead atoms. The molecule has 0 aromatic carbocycles. The first-order valence-electron chi connectivity index (χ1n) is 6.11. The van der Waals surface area contributed by atoms with E-state index in [1.54, 1.807) is 12.4 Å². The Morgan fingerprint density at radius 1 is 1.25 bits per heavy atom. The smallest absolute Gasteiger partial charge is 0.181 e. The van der Waals surface area contributed by atoms with Gasteiger partial charge in [-0.25, -0.2) is 24.9 Å². The third-order valence-electron chi connectivity index (χ3n) is 2.58. The predicted molar refractivity (Wildman–Crippen MR) is 76.8 cm³/mol. The molecule has 0 atom stereocenters. The van der Waals surface area contributed by atoms with Crippen LogP contribution in [0.1, 0.15) is 19.2 Å². The molecule has 1 N–H and O–H groups in total. The monoisotopic (exact) mass is 306 g/mol. The topological polar surface area (TPSA) is 80.2 Å². The second-order valence-electron chi connectivity index (χ2n) is 4.08. The lowest BCUT2D eigenvalue weighted by atomic mass is 10.3. The lowest BCUT2D eigenvalue weighted by Gasteiger charge is -2.04. The van der Waals surface area contributed by atoms with Gasteiger partial charge in [0.05, 0.1) is 6.33 Å². The molecule has 0 aliphatic heterocycles. The van der Waals surface area contributed by atoms with Crippen LogP contribution < -0.4 is 0 Å². The van der Waals surface area contributed by atoms with Gasteiger partial charge in [-0.2, -0.15) is 0 Å². The highest BCUT2D eigenvalue weighted by molar-refractivity contribution is 7.99. The lowest BCUT2D eigenvalue weighted by Crippen LogP contribution is -1.96. The van der Waals surface area contributed by atoms with Crippen LogP contribution in [-0.2, 0) is 6.42 Å². The summed E-state index contributed by atoms with van der Waals surface area (Å²) >= 11 is 7.45. The maximum Gasteiger partial charge on any atom is 0.181 e. The first kappa shape index (κ1) is 13.3. The van der Waals surface area contributed by atoms with Crippen LogP contribution in [0.2, 0.25) is 5.15 Å². The van der Waals surface area contributed by atoms with Crippen LogP contribution in [0.15, 0.2) is 28.8 Å². The Balaban J connectivity index is 1.96. The third-order valence-corrected chi connectivity index (χ3v) is 3.70. The van der Waals surface area contributed by atoms with Gasteiger partial charge in [0.15, 0.2) is 5.65 Å². The number of nitrogens with zero attached hydrogens (tertiary/aromatic N) is 5. The van der Waals surface area contributed by atoms with Gasteiger partial charge in [0.2, 0.25) is 0 Å². The van der Waals surface area contributed by atoms with E-state index < -0.39 is 0 Å². The largest absolute Gasteiger partial charge is 0.341 e. The zero-order chi connectivity index (χ0) is 13.9. The average molecular weight is 307 g/mol. The number of hydrogen-bond acceptors (Lipinski definition) is 6. The number of aryl methyl sites for hydroxylation is 1. The first-order valence-corrected chi connectivity index (χ1v) is 7.31. The summed E-state index contributed by atoms with van der Waals surface area (Å²) in [6.07, 6.45) is 4.86. The minimum Gasteiger partial charge on any atom is -0.341 e. The standard InChI is InChI=1S/C12H11ClN6S/c1-2-3-8-18-7(13)4-9(19-8)20-12-10-11(15-5-14-10)16-6-17-12/h4-6H,2-3H2,1H3,(H,14,15,16,17). The van der Waals surface area contributed by atoms with Crippen molar-refractivity contribution in [2.45, 2.75) is 29.8 Å². The van der Waals surface area contributed by atoms with Gasteiger partial charge in [0.1, 0.15) is 32.9 Å². The zero-order valence-electron chi connectivity index (χ0n) is 10.7. The molecule has 0 amide bonds. The van der Waals surface area contributed by atoms with Crippen molar-refractivity contribution in [2.24, 2.45) is 0 Å². The van der Waals surface area contributed by atoms with E-state index in [9.17, 15) is 0 Å². The number of aromatic amines is 1. The van der Waals surface area contributed by atoms with E-state index in [0.717, 1.165) is 34.2 Å². The fourth-order valence-corrected chi connectivity index (χ4v) is 2.89. The molecule has 0 fully saturated rings. The van der Waals surface area contributed by atoms with Crippen molar-refractivity contribution in [1.82, 2.24) is 29.9 Å². The molecular formula is C12H11ClN6S. The van der Waals surface area contributed by atoms with Gasteiger partial charge in [-0.3, -0.25) is 0 Å². The molecule has 8 heteroatoms. The molecule has 6 nitrogen and oxygen atoms in total. The Kier molecular flexibility index (Phi) is 3.79. The quantitative estimate of drug-likeness (QED) is 0.747. The minimum atomic E-state index is 0.445. The van der Waals surface area contributed by atoms with Crippen LogP contribution in [0.3, 0.4) is 0 Å². The minimum absolute atomic E-state index is 0.445. The van der Waals surface area contributed by atoms with E-state index in [1.165, 1.54) is 18.1 Å². The van der Waals surface area contributed by atoms with Crippen molar-refractivity contribution in [3.8, 4) is 0 Å². The summed E-state index contributed by atoms with van der Waals surface area (Å²) in [5, 5.41) is 1.98. The number of fused-ring (bicyclic) bond motifs is 1. The zero-order valence-corrected chi connectivity index (χ0v) is 12.2. The second-order valence-corrected chi connectivity index (χ2v) is 5.47. The van der Waals surface area contributed by atoms with Gasteiger partial charge in [-0.1, -0.05) is 18.5 Å². The van der Waals surface area contributed by atoms with Crippen LogP contribution in [0.4, 0.5) is 0 Å². The van der Waals surface area contributed by atoms with Crippen LogP contribution in [0, 0.1) is 0 Å². The average Bonchev–Trinajstić information content (AvgIpc) is 2.88. The Morgan fingerprint density at radius 2 is 2.15 bits per heavy atom. The van der Waals surface area contributed by atoms with Crippen molar-refractivity contribution in [3.05, 3.63) is 29.7 Å². The summed E-state index contributed by atoms with van der Waals surface area (Å²) in [4.78, 5) is 24.2. The molecule has 0 aliphatic rings. The molecule has 0 saturated heterocycles.